The molecule has 1 aromatic carbocycles. The smallest absolute Gasteiger partial charge is 0.422 e. The fourth-order valence-corrected chi connectivity index (χ4v) is 1.17. The molecule has 81 valence electrons. The molecule has 1 rings (SSSR count). The van der Waals surface area contributed by atoms with Crippen LogP contribution in [0, 0.1) is 6.08 Å². The molecule has 0 heterocycles. The topological polar surface area (TPSA) is 9.23 Å². The van der Waals surface area contributed by atoms with Gasteiger partial charge >= 0.3 is 6.18 Å². The number of alkyl halides is 3. The second-order valence-electron chi connectivity index (χ2n) is 2.70. The first-order valence-corrected chi connectivity index (χ1v) is 4.33. The van der Waals surface area contributed by atoms with Gasteiger partial charge in [0.05, 0.1) is 5.02 Å². The normalized spacial score (nSPS) is 11.2. The van der Waals surface area contributed by atoms with E-state index in [9.17, 15) is 13.2 Å². The van der Waals surface area contributed by atoms with E-state index in [0.29, 0.717) is 5.56 Å². The highest BCUT2D eigenvalue weighted by Crippen LogP contribution is 2.29. The van der Waals surface area contributed by atoms with Crippen LogP contribution >= 0.6 is 11.6 Å². The Labute approximate surface area is 90.1 Å². The number of benzene rings is 1. The lowest BCUT2D eigenvalue weighted by atomic mass is 10.2. The van der Waals surface area contributed by atoms with Crippen LogP contribution < -0.4 is 4.74 Å². The Hall–Kier alpha value is -1.16. The third kappa shape index (κ3) is 3.47. The quantitative estimate of drug-likeness (QED) is 0.778. The average Bonchev–Trinajstić information content (AvgIpc) is 2.15. The third-order valence-corrected chi connectivity index (χ3v) is 1.93. The van der Waals surface area contributed by atoms with Gasteiger partial charge in [0.1, 0.15) is 5.75 Å². The van der Waals surface area contributed by atoms with Gasteiger partial charge in [-0.15, -0.1) is 0 Å². The minimum atomic E-state index is -4.38. The van der Waals surface area contributed by atoms with Crippen molar-refractivity contribution in [3.63, 3.8) is 0 Å². The summed E-state index contributed by atoms with van der Waals surface area (Å²) < 4.78 is 40.1. The van der Waals surface area contributed by atoms with E-state index in [1.165, 1.54) is 12.1 Å². The van der Waals surface area contributed by atoms with Crippen LogP contribution in [0.5, 0.6) is 5.75 Å². The summed E-state index contributed by atoms with van der Waals surface area (Å²) in [4.78, 5) is 0. The predicted molar refractivity (Wildman–Crippen MR) is 51.0 cm³/mol. The lowest BCUT2D eigenvalue weighted by Crippen LogP contribution is -2.19. The molecule has 0 atom stereocenters. The van der Waals surface area contributed by atoms with Crippen molar-refractivity contribution in [2.45, 2.75) is 6.18 Å². The monoisotopic (exact) mass is 235 g/mol. The van der Waals surface area contributed by atoms with Gasteiger partial charge < -0.3 is 4.74 Å². The van der Waals surface area contributed by atoms with Crippen molar-refractivity contribution in [2.24, 2.45) is 0 Å². The van der Waals surface area contributed by atoms with E-state index in [2.05, 4.69) is 17.4 Å². The molecular weight excluding hydrogens is 229 g/mol. The molecule has 0 saturated carbocycles. The summed E-state index contributed by atoms with van der Waals surface area (Å²) in [6, 6.07) is 4.45. The molecule has 0 N–H and O–H groups in total. The van der Waals surface area contributed by atoms with Crippen LogP contribution in [0.15, 0.2) is 24.8 Å². The van der Waals surface area contributed by atoms with Crippen molar-refractivity contribution in [2.75, 3.05) is 6.61 Å². The maximum atomic E-state index is 11.9. The maximum Gasteiger partial charge on any atom is 0.422 e. The molecule has 0 aliphatic carbocycles. The molecule has 0 spiro atoms. The molecule has 0 aromatic heterocycles. The predicted octanol–water partition coefficient (Wildman–Crippen LogP) is 3.62. The van der Waals surface area contributed by atoms with Gasteiger partial charge in [-0.3, -0.25) is 0 Å². The van der Waals surface area contributed by atoms with Crippen LogP contribution in [0.4, 0.5) is 13.2 Å². The molecule has 1 nitrogen and oxygen atoms in total. The van der Waals surface area contributed by atoms with Crippen LogP contribution in [0.2, 0.25) is 5.02 Å². The number of halogens is 4. The zero-order valence-corrected chi connectivity index (χ0v) is 8.32. The summed E-state index contributed by atoms with van der Waals surface area (Å²) in [6.45, 7) is 1.99. The van der Waals surface area contributed by atoms with Crippen molar-refractivity contribution < 1.29 is 17.9 Å². The van der Waals surface area contributed by atoms with E-state index in [1.807, 2.05) is 0 Å². The molecule has 0 fully saturated rings. The zero-order chi connectivity index (χ0) is 11.5. The van der Waals surface area contributed by atoms with E-state index >= 15 is 0 Å². The number of rotatable bonds is 3. The summed E-state index contributed by atoms with van der Waals surface area (Å²) in [6.07, 6.45) is -1.89. The van der Waals surface area contributed by atoms with Crippen molar-refractivity contribution in [1.29, 1.82) is 0 Å². The molecule has 0 unspecified atom stereocenters. The molecule has 0 amide bonds. The summed E-state index contributed by atoms with van der Waals surface area (Å²) in [5.41, 5.74) is 0.413. The van der Waals surface area contributed by atoms with Crippen molar-refractivity contribution in [1.82, 2.24) is 0 Å². The van der Waals surface area contributed by atoms with Crippen molar-refractivity contribution in [3.05, 3.63) is 41.4 Å². The molecule has 5 heteroatoms. The SMILES string of the molecule is C=[C]c1cccc(OCC(F)(F)F)c1Cl. The number of hydrogen-bond acceptors (Lipinski definition) is 1. The average molecular weight is 236 g/mol. The summed E-state index contributed by atoms with van der Waals surface area (Å²) in [5.74, 6) is -0.0253. The maximum absolute atomic E-state index is 11.9. The second kappa shape index (κ2) is 4.57. The standard InChI is InChI=1S/C10H7ClF3O/c1-2-7-4-3-5-8(9(7)11)15-6-10(12,13)14/h3-5H,1,6H2. The lowest BCUT2D eigenvalue weighted by molar-refractivity contribution is -0.153. The fraction of sp³-hybridized carbons (Fsp3) is 0.200. The Morgan fingerprint density at radius 1 is 1.40 bits per heavy atom. The summed E-state index contributed by atoms with van der Waals surface area (Å²) in [7, 11) is 0. The van der Waals surface area contributed by atoms with Gasteiger partial charge in [0.15, 0.2) is 6.61 Å². The van der Waals surface area contributed by atoms with Crippen LogP contribution in [0.25, 0.3) is 0 Å². The highest BCUT2D eigenvalue weighted by Gasteiger charge is 2.28. The first-order chi connectivity index (χ1) is 6.94. The Bertz CT molecular complexity index is 360. The second-order valence-corrected chi connectivity index (χ2v) is 3.08. The molecule has 1 radical (unpaired) electrons. The number of hydrogen-bond donors (Lipinski definition) is 0. The molecule has 15 heavy (non-hydrogen) atoms. The lowest BCUT2D eigenvalue weighted by Gasteiger charge is -2.11. The Kier molecular flexibility index (Phi) is 3.63. The van der Waals surface area contributed by atoms with E-state index in [0.717, 1.165) is 0 Å². The number of ether oxygens (including phenoxy) is 1. The van der Waals surface area contributed by atoms with Gasteiger partial charge in [-0.2, -0.15) is 13.2 Å². The van der Waals surface area contributed by atoms with E-state index < -0.39 is 12.8 Å². The Morgan fingerprint density at radius 2 is 2.07 bits per heavy atom. The van der Waals surface area contributed by atoms with Gasteiger partial charge in [0, 0.05) is 5.56 Å². The minimum Gasteiger partial charge on any atom is -0.483 e. The highest BCUT2D eigenvalue weighted by atomic mass is 35.5. The van der Waals surface area contributed by atoms with Gasteiger partial charge in [-0.25, -0.2) is 0 Å². The minimum absolute atomic E-state index is 0.0253. The Morgan fingerprint density at radius 3 is 2.60 bits per heavy atom. The van der Waals surface area contributed by atoms with Crippen molar-refractivity contribution in [3.8, 4) is 5.75 Å². The van der Waals surface area contributed by atoms with Crippen molar-refractivity contribution >= 4 is 11.6 Å². The molecule has 0 saturated heterocycles. The molecule has 0 aliphatic rings. The molecule has 1 aromatic rings. The van der Waals surface area contributed by atoms with Crippen LogP contribution in [-0.4, -0.2) is 12.8 Å². The molecule has 0 aliphatic heterocycles. The van der Waals surface area contributed by atoms with Gasteiger partial charge in [-0.1, -0.05) is 30.3 Å². The molecular formula is C10H7ClF3O. The summed E-state index contributed by atoms with van der Waals surface area (Å²) in [5, 5.41) is 0.0803. The van der Waals surface area contributed by atoms with Crippen LogP contribution in [-0.2, 0) is 0 Å². The zero-order valence-electron chi connectivity index (χ0n) is 7.57. The van der Waals surface area contributed by atoms with E-state index in [4.69, 9.17) is 11.6 Å². The summed E-state index contributed by atoms with van der Waals surface area (Å²) >= 11 is 5.74. The van der Waals surface area contributed by atoms with Gasteiger partial charge in [0.2, 0.25) is 0 Å². The van der Waals surface area contributed by atoms with Gasteiger partial charge in [0.25, 0.3) is 0 Å². The first-order valence-electron chi connectivity index (χ1n) is 3.95. The fourth-order valence-electron chi connectivity index (χ4n) is 0.918. The van der Waals surface area contributed by atoms with Gasteiger partial charge in [-0.05, 0) is 12.1 Å². The Balaban J connectivity index is 2.82. The largest absolute Gasteiger partial charge is 0.483 e. The van der Waals surface area contributed by atoms with E-state index in [-0.39, 0.29) is 10.8 Å². The van der Waals surface area contributed by atoms with Crippen LogP contribution in [0.1, 0.15) is 5.56 Å². The third-order valence-electron chi connectivity index (χ3n) is 1.55. The molecule has 0 bridgehead atoms. The van der Waals surface area contributed by atoms with E-state index in [1.54, 1.807) is 6.07 Å². The first kappa shape index (κ1) is 11.9. The highest BCUT2D eigenvalue weighted by molar-refractivity contribution is 6.33. The van der Waals surface area contributed by atoms with Crippen LogP contribution in [0.3, 0.4) is 0 Å².